The van der Waals surface area contributed by atoms with E-state index in [1.165, 1.54) is 11.3 Å². The molecule has 0 N–H and O–H groups in total. The highest BCUT2D eigenvalue weighted by Crippen LogP contribution is 2.47. The first-order valence-electron chi connectivity index (χ1n) is 16.3. The Morgan fingerprint density at radius 3 is 1.94 bits per heavy atom. The molecule has 228 valence electrons. The number of hydrogen-bond acceptors (Lipinski definition) is 3. The number of aromatic nitrogens is 1. The van der Waals surface area contributed by atoms with Gasteiger partial charge in [0.25, 0.3) is 0 Å². The van der Waals surface area contributed by atoms with Gasteiger partial charge in [-0.15, -0.1) is 0 Å². The van der Waals surface area contributed by atoms with E-state index in [1.54, 1.807) is 12.1 Å². The van der Waals surface area contributed by atoms with Crippen molar-refractivity contribution in [2.75, 3.05) is 4.90 Å². The Balaban J connectivity index is 1.31. The minimum Gasteiger partial charge on any atom is -0.337 e. The topological polar surface area (TPSA) is 55.8 Å². The van der Waals surface area contributed by atoms with E-state index in [2.05, 4.69) is 133 Å². The fraction of sp³-hybridized carbons (Fsp3) is 0.0909. The van der Waals surface area contributed by atoms with Crippen LogP contribution in [0.15, 0.2) is 146 Å². The highest BCUT2D eigenvalue weighted by atomic mass is 15.2. The third-order valence-corrected chi connectivity index (χ3v) is 9.71. The molecule has 8 rings (SSSR count). The third kappa shape index (κ3) is 4.50. The van der Waals surface area contributed by atoms with Crippen molar-refractivity contribution in [3.8, 4) is 40.1 Å². The lowest BCUT2D eigenvalue weighted by atomic mass is 9.92. The summed E-state index contributed by atoms with van der Waals surface area (Å²) in [7, 11) is 0. The Labute approximate surface area is 280 Å². The highest BCUT2D eigenvalue weighted by Gasteiger charge is 2.34. The molecule has 2 unspecified atom stereocenters. The van der Waals surface area contributed by atoms with Crippen LogP contribution in [0, 0.1) is 22.7 Å². The van der Waals surface area contributed by atoms with Gasteiger partial charge in [-0.1, -0.05) is 97.1 Å². The molecule has 0 amide bonds. The summed E-state index contributed by atoms with van der Waals surface area (Å²) in [5.74, 6) is 0.314. The Morgan fingerprint density at radius 1 is 0.625 bits per heavy atom. The fourth-order valence-electron chi connectivity index (χ4n) is 7.63. The maximum atomic E-state index is 10.5. The molecule has 2 atom stereocenters. The SMILES string of the molecule is C/C=C\C1c2ccccc2N(c2cccc(-c3cccc(-c4c(C#N)ccc(C#N)c4-n4c5ccccc5c5ccccc54)c3)c2)C1C. The van der Waals surface area contributed by atoms with Crippen molar-refractivity contribution >= 4 is 33.2 Å². The lowest BCUT2D eigenvalue weighted by molar-refractivity contribution is 0.689. The van der Waals surface area contributed by atoms with Gasteiger partial charge in [-0.25, -0.2) is 0 Å². The van der Waals surface area contributed by atoms with Crippen LogP contribution in [0.25, 0.3) is 49.7 Å². The van der Waals surface area contributed by atoms with E-state index in [0.29, 0.717) is 17.0 Å². The minimum absolute atomic E-state index is 0.265. The predicted octanol–water partition coefficient (Wildman–Crippen LogP) is 11.1. The van der Waals surface area contributed by atoms with Gasteiger partial charge < -0.3 is 9.47 Å². The van der Waals surface area contributed by atoms with Crippen LogP contribution in [0.1, 0.15) is 36.5 Å². The number of benzene rings is 6. The van der Waals surface area contributed by atoms with Gasteiger partial charge >= 0.3 is 0 Å². The molecule has 1 aliphatic rings. The Hall–Kier alpha value is -6.36. The van der Waals surface area contributed by atoms with Crippen LogP contribution >= 0.6 is 0 Å². The molecule has 1 aromatic heterocycles. The number of para-hydroxylation sites is 3. The summed E-state index contributed by atoms with van der Waals surface area (Å²) in [6.07, 6.45) is 4.45. The van der Waals surface area contributed by atoms with E-state index in [1.807, 2.05) is 36.4 Å². The summed E-state index contributed by atoms with van der Waals surface area (Å²) >= 11 is 0. The van der Waals surface area contributed by atoms with Gasteiger partial charge in [0.05, 0.1) is 33.9 Å². The van der Waals surface area contributed by atoms with E-state index in [-0.39, 0.29) is 6.04 Å². The molecule has 4 heteroatoms. The van der Waals surface area contributed by atoms with Crippen molar-refractivity contribution in [2.24, 2.45) is 0 Å². The molecule has 0 radical (unpaired) electrons. The van der Waals surface area contributed by atoms with Crippen molar-refractivity contribution in [1.29, 1.82) is 10.5 Å². The molecule has 0 saturated heterocycles. The second-order valence-corrected chi connectivity index (χ2v) is 12.3. The van der Waals surface area contributed by atoms with Crippen LogP contribution in [0.2, 0.25) is 0 Å². The standard InChI is InChI=1S/C44H32N4/c1-3-12-36-29(2)47(40-20-7-4-17-37(36)40)35-16-11-14-31(26-35)30-13-10-15-32(25-30)43-33(27-45)23-24-34(28-46)44(43)48-41-21-8-5-18-38(41)39-19-6-9-22-42(39)48/h3-26,29,36H,1-2H3/b12-3-. The molecular weight excluding hydrogens is 585 g/mol. The quantitative estimate of drug-likeness (QED) is 0.181. The Bertz CT molecular complexity index is 2430. The highest BCUT2D eigenvalue weighted by molar-refractivity contribution is 6.10. The predicted molar refractivity (Wildman–Crippen MR) is 197 cm³/mol. The molecule has 0 fully saturated rings. The second-order valence-electron chi connectivity index (χ2n) is 12.3. The first-order valence-corrected chi connectivity index (χ1v) is 16.3. The summed E-state index contributed by atoms with van der Waals surface area (Å²) in [5, 5.41) is 23.1. The van der Waals surface area contributed by atoms with Gasteiger partial charge in [0.2, 0.25) is 0 Å². The van der Waals surface area contributed by atoms with Crippen LogP contribution in [0.4, 0.5) is 11.4 Å². The summed E-state index contributed by atoms with van der Waals surface area (Å²) < 4.78 is 2.15. The van der Waals surface area contributed by atoms with Gasteiger partial charge in [-0.05, 0) is 84.6 Å². The number of nitrogens with zero attached hydrogens (tertiary/aromatic N) is 4. The molecule has 4 nitrogen and oxygen atoms in total. The zero-order chi connectivity index (χ0) is 32.8. The first-order chi connectivity index (χ1) is 23.6. The molecular formula is C44H32N4. The molecule has 0 spiro atoms. The molecule has 0 bridgehead atoms. The largest absolute Gasteiger partial charge is 0.337 e. The summed E-state index contributed by atoms with van der Waals surface area (Å²) in [6, 6.07) is 50.9. The van der Waals surface area contributed by atoms with E-state index < -0.39 is 0 Å². The smallest absolute Gasteiger partial charge is 0.101 e. The number of nitriles is 2. The Kier molecular flexibility index (Phi) is 7.13. The van der Waals surface area contributed by atoms with Gasteiger partial charge in [0.15, 0.2) is 0 Å². The van der Waals surface area contributed by atoms with Gasteiger partial charge in [-0.2, -0.15) is 10.5 Å². The number of anilines is 2. The maximum absolute atomic E-state index is 10.5. The molecule has 2 heterocycles. The molecule has 0 aliphatic carbocycles. The number of allylic oxidation sites excluding steroid dienone is 1. The third-order valence-electron chi connectivity index (χ3n) is 9.71. The van der Waals surface area contributed by atoms with E-state index in [4.69, 9.17) is 0 Å². The molecule has 1 aliphatic heterocycles. The zero-order valence-corrected chi connectivity index (χ0v) is 26.8. The number of rotatable bonds is 5. The van der Waals surface area contributed by atoms with Gasteiger partial charge in [0.1, 0.15) is 6.07 Å². The Morgan fingerprint density at radius 2 is 1.23 bits per heavy atom. The van der Waals surface area contributed by atoms with E-state index >= 15 is 0 Å². The second kappa shape index (κ2) is 11.8. The van der Waals surface area contributed by atoms with Crippen molar-refractivity contribution < 1.29 is 0 Å². The zero-order valence-electron chi connectivity index (χ0n) is 26.8. The van der Waals surface area contributed by atoms with Crippen molar-refractivity contribution in [3.05, 3.63) is 162 Å². The van der Waals surface area contributed by atoms with Crippen LogP contribution < -0.4 is 4.90 Å². The van der Waals surface area contributed by atoms with Crippen LogP contribution in [0.3, 0.4) is 0 Å². The molecule has 7 aromatic rings. The number of hydrogen-bond donors (Lipinski definition) is 0. The average Bonchev–Trinajstić information content (AvgIpc) is 3.62. The maximum Gasteiger partial charge on any atom is 0.101 e. The molecule has 6 aromatic carbocycles. The average molecular weight is 617 g/mol. The fourth-order valence-corrected chi connectivity index (χ4v) is 7.63. The van der Waals surface area contributed by atoms with E-state index in [9.17, 15) is 10.5 Å². The normalized spacial score (nSPS) is 15.5. The van der Waals surface area contributed by atoms with E-state index in [0.717, 1.165) is 55.4 Å². The minimum atomic E-state index is 0.265. The summed E-state index contributed by atoms with van der Waals surface area (Å²) in [6.45, 7) is 4.38. The molecule has 48 heavy (non-hydrogen) atoms. The first kappa shape index (κ1) is 29.1. The molecule has 0 saturated carbocycles. The summed E-state index contributed by atoms with van der Waals surface area (Å²) in [5.41, 5.74) is 11.2. The van der Waals surface area contributed by atoms with Gasteiger partial charge in [-0.3, -0.25) is 0 Å². The summed E-state index contributed by atoms with van der Waals surface area (Å²) in [4.78, 5) is 2.44. The number of fused-ring (bicyclic) bond motifs is 4. The lowest BCUT2D eigenvalue weighted by Crippen LogP contribution is -2.26. The van der Waals surface area contributed by atoms with Crippen LogP contribution in [-0.2, 0) is 0 Å². The lowest BCUT2D eigenvalue weighted by Gasteiger charge is -2.27. The monoisotopic (exact) mass is 616 g/mol. The van der Waals surface area contributed by atoms with Gasteiger partial charge in [0, 0.05) is 39.7 Å². The van der Waals surface area contributed by atoms with Crippen LogP contribution in [0.5, 0.6) is 0 Å². The van der Waals surface area contributed by atoms with Crippen molar-refractivity contribution in [1.82, 2.24) is 4.57 Å². The van der Waals surface area contributed by atoms with Crippen molar-refractivity contribution in [3.63, 3.8) is 0 Å². The van der Waals surface area contributed by atoms with Crippen molar-refractivity contribution in [2.45, 2.75) is 25.8 Å². The van der Waals surface area contributed by atoms with Crippen LogP contribution in [-0.4, -0.2) is 10.6 Å².